The van der Waals surface area contributed by atoms with Crippen molar-refractivity contribution in [1.29, 1.82) is 0 Å². The number of esters is 1. The molecule has 0 radical (unpaired) electrons. The number of ether oxygens (including phenoxy) is 2. The number of nitrogens with one attached hydrogen (secondary N) is 1. The zero-order chi connectivity index (χ0) is 14.8. The van der Waals surface area contributed by atoms with Gasteiger partial charge in [-0.2, -0.15) is 0 Å². The molecule has 0 spiro atoms. The second-order valence-corrected chi connectivity index (χ2v) is 6.60. The predicted molar refractivity (Wildman–Crippen MR) is 79.5 cm³/mol. The minimum Gasteiger partial charge on any atom is -0.462 e. The number of hydrogen-bond acceptors (Lipinski definition) is 6. The summed E-state index contributed by atoms with van der Waals surface area (Å²) in [5.41, 5.74) is 0.619. The fourth-order valence-corrected chi connectivity index (χ4v) is 3.31. The van der Waals surface area contributed by atoms with Crippen molar-refractivity contribution in [2.45, 2.75) is 52.2 Å². The van der Waals surface area contributed by atoms with Gasteiger partial charge in [-0.15, -0.1) is 0 Å². The number of aryl methyl sites for hydroxylation is 1. The van der Waals surface area contributed by atoms with E-state index < -0.39 is 0 Å². The van der Waals surface area contributed by atoms with Gasteiger partial charge in [0.1, 0.15) is 4.88 Å². The zero-order valence-electron chi connectivity index (χ0n) is 12.5. The van der Waals surface area contributed by atoms with Gasteiger partial charge in [-0.1, -0.05) is 11.3 Å². The molecule has 1 fully saturated rings. The van der Waals surface area contributed by atoms with Gasteiger partial charge in [0.2, 0.25) is 0 Å². The highest BCUT2D eigenvalue weighted by atomic mass is 32.1. The van der Waals surface area contributed by atoms with Crippen molar-refractivity contribution in [2.75, 3.05) is 18.5 Å². The van der Waals surface area contributed by atoms with Crippen LogP contribution < -0.4 is 5.32 Å². The smallest absolute Gasteiger partial charge is 0.350 e. The second kappa shape index (κ2) is 6.10. The van der Waals surface area contributed by atoms with Crippen LogP contribution in [-0.4, -0.2) is 35.8 Å². The fraction of sp³-hybridized carbons (Fsp3) is 0.714. The van der Waals surface area contributed by atoms with E-state index in [9.17, 15) is 4.79 Å². The molecule has 1 aromatic heterocycles. The first-order valence-corrected chi connectivity index (χ1v) is 7.78. The van der Waals surface area contributed by atoms with Crippen LogP contribution in [0, 0.1) is 6.92 Å². The van der Waals surface area contributed by atoms with Crippen molar-refractivity contribution >= 4 is 22.4 Å². The normalized spacial score (nSPS) is 21.5. The third-order valence-corrected chi connectivity index (χ3v) is 4.35. The second-order valence-electron chi connectivity index (χ2n) is 5.60. The lowest BCUT2D eigenvalue weighted by Crippen LogP contribution is -2.40. The average Bonchev–Trinajstić information content (AvgIpc) is 2.69. The number of nitrogens with zero attached hydrogens (tertiary/aromatic N) is 1. The summed E-state index contributed by atoms with van der Waals surface area (Å²) < 4.78 is 10.7. The monoisotopic (exact) mass is 298 g/mol. The molecule has 112 valence electrons. The highest BCUT2D eigenvalue weighted by molar-refractivity contribution is 7.17. The lowest BCUT2D eigenvalue weighted by molar-refractivity contribution is -0.0553. The maximum atomic E-state index is 11.8. The SMILES string of the molecule is CCOC(=O)c1sc(N[C@H]2CCOC(C)(C)C2)nc1C. The summed E-state index contributed by atoms with van der Waals surface area (Å²) in [6.45, 7) is 8.96. The Morgan fingerprint density at radius 2 is 2.35 bits per heavy atom. The molecule has 2 rings (SSSR count). The Morgan fingerprint density at radius 3 is 3.00 bits per heavy atom. The van der Waals surface area contributed by atoms with Crippen LogP contribution in [0.3, 0.4) is 0 Å². The van der Waals surface area contributed by atoms with Crippen LogP contribution in [0.15, 0.2) is 0 Å². The van der Waals surface area contributed by atoms with Gasteiger partial charge in [-0.3, -0.25) is 0 Å². The van der Waals surface area contributed by atoms with Crippen LogP contribution >= 0.6 is 11.3 Å². The quantitative estimate of drug-likeness (QED) is 0.866. The van der Waals surface area contributed by atoms with Gasteiger partial charge in [0.05, 0.1) is 17.9 Å². The van der Waals surface area contributed by atoms with Crippen molar-refractivity contribution in [2.24, 2.45) is 0 Å². The van der Waals surface area contributed by atoms with Crippen molar-refractivity contribution in [3.05, 3.63) is 10.6 Å². The number of carbonyl (C=O) groups excluding carboxylic acids is 1. The molecule has 0 bridgehead atoms. The molecule has 1 aromatic rings. The lowest BCUT2D eigenvalue weighted by atomic mass is 9.94. The van der Waals surface area contributed by atoms with Crippen molar-refractivity contribution in [3.8, 4) is 0 Å². The standard InChI is InChI=1S/C14H22N2O3S/c1-5-18-12(17)11-9(2)15-13(20-11)16-10-6-7-19-14(3,4)8-10/h10H,5-8H2,1-4H3,(H,15,16)/t10-/m0/s1. The molecule has 0 amide bonds. The summed E-state index contributed by atoms with van der Waals surface area (Å²) in [5, 5.41) is 4.20. The number of rotatable bonds is 4. The zero-order valence-corrected chi connectivity index (χ0v) is 13.3. The first-order chi connectivity index (χ1) is 9.41. The Labute approximate surface area is 123 Å². The molecule has 0 saturated carbocycles. The number of carbonyl (C=O) groups is 1. The number of hydrogen-bond donors (Lipinski definition) is 1. The summed E-state index contributed by atoms with van der Waals surface area (Å²) in [6, 6.07) is 0.333. The molecule has 2 heterocycles. The van der Waals surface area contributed by atoms with Crippen molar-refractivity contribution in [3.63, 3.8) is 0 Å². The predicted octanol–water partition coefficient (Wildman–Crippen LogP) is 3.00. The molecule has 20 heavy (non-hydrogen) atoms. The molecule has 1 aliphatic heterocycles. The van der Waals surface area contributed by atoms with Crippen molar-refractivity contribution < 1.29 is 14.3 Å². The van der Waals surface area contributed by atoms with Crippen LogP contribution in [0.1, 0.15) is 49.0 Å². The summed E-state index contributed by atoms with van der Waals surface area (Å²) in [4.78, 5) is 16.8. The van der Waals surface area contributed by atoms with Gasteiger partial charge in [0, 0.05) is 12.6 Å². The number of thiazole rings is 1. The molecular weight excluding hydrogens is 276 g/mol. The maximum absolute atomic E-state index is 11.8. The van der Waals surface area contributed by atoms with E-state index in [4.69, 9.17) is 9.47 Å². The minimum absolute atomic E-state index is 0.105. The van der Waals surface area contributed by atoms with Crippen LogP contribution in [0.5, 0.6) is 0 Å². The highest BCUT2D eigenvalue weighted by Gasteiger charge is 2.29. The molecule has 5 nitrogen and oxygen atoms in total. The Bertz CT molecular complexity index is 485. The summed E-state index contributed by atoms with van der Waals surface area (Å²) in [6.07, 6.45) is 1.89. The van der Waals surface area contributed by atoms with E-state index in [1.54, 1.807) is 6.92 Å². The van der Waals surface area contributed by atoms with Gasteiger partial charge in [0.15, 0.2) is 5.13 Å². The van der Waals surface area contributed by atoms with E-state index in [-0.39, 0.29) is 11.6 Å². The third kappa shape index (κ3) is 3.70. The van der Waals surface area contributed by atoms with Crippen molar-refractivity contribution in [1.82, 2.24) is 4.98 Å². The lowest BCUT2D eigenvalue weighted by Gasteiger charge is -2.35. The average molecular weight is 298 g/mol. The summed E-state index contributed by atoms with van der Waals surface area (Å²) in [7, 11) is 0. The topological polar surface area (TPSA) is 60.5 Å². The van der Waals surface area contributed by atoms with Gasteiger partial charge in [-0.25, -0.2) is 9.78 Å². The van der Waals surface area contributed by atoms with Gasteiger partial charge in [-0.05, 0) is 40.5 Å². The molecule has 1 aliphatic rings. The van der Waals surface area contributed by atoms with E-state index in [1.807, 2.05) is 6.92 Å². The summed E-state index contributed by atoms with van der Waals surface area (Å²) in [5.74, 6) is -0.289. The van der Waals surface area contributed by atoms with Gasteiger partial charge in [0.25, 0.3) is 0 Å². The van der Waals surface area contributed by atoms with Gasteiger partial charge >= 0.3 is 5.97 Å². The van der Waals surface area contributed by atoms with E-state index in [2.05, 4.69) is 24.1 Å². The van der Waals surface area contributed by atoms with E-state index in [0.29, 0.717) is 17.5 Å². The molecule has 0 aromatic carbocycles. The molecule has 1 saturated heterocycles. The number of aromatic nitrogens is 1. The Kier molecular flexibility index (Phi) is 4.65. The minimum atomic E-state index is -0.289. The highest BCUT2D eigenvalue weighted by Crippen LogP contribution is 2.29. The number of anilines is 1. The Hall–Kier alpha value is -1.14. The van der Waals surface area contributed by atoms with Crippen LogP contribution in [-0.2, 0) is 9.47 Å². The molecule has 0 unspecified atom stereocenters. The van der Waals surface area contributed by atoms with Crippen LogP contribution in [0.25, 0.3) is 0 Å². The first-order valence-electron chi connectivity index (χ1n) is 6.96. The summed E-state index contributed by atoms with van der Waals surface area (Å²) >= 11 is 1.36. The van der Waals surface area contributed by atoms with Crippen LogP contribution in [0.4, 0.5) is 5.13 Å². The fourth-order valence-electron chi connectivity index (χ4n) is 2.37. The first kappa shape index (κ1) is 15.3. The van der Waals surface area contributed by atoms with E-state index >= 15 is 0 Å². The molecular formula is C14H22N2O3S. The van der Waals surface area contributed by atoms with E-state index in [0.717, 1.165) is 30.3 Å². The molecule has 0 aliphatic carbocycles. The van der Waals surface area contributed by atoms with Gasteiger partial charge < -0.3 is 14.8 Å². The molecule has 6 heteroatoms. The maximum Gasteiger partial charge on any atom is 0.350 e. The third-order valence-electron chi connectivity index (χ3n) is 3.28. The Morgan fingerprint density at radius 1 is 1.60 bits per heavy atom. The Balaban J connectivity index is 2.03. The largest absolute Gasteiger partial charge is 0.462 e. The molecule has 1 atom stereocenters. The van der Waals surface area contributed by atoms with E-state index in [1.165, 1.54) is 11.3 Å². The van der Waals surface area contributed by atoms with Crippen LogP contribution in [0.2, 0.25) is 0 Å². The molecule has 1 N–H and O–H groups in total.